The van der Waals surface area contributed by atoms with Crippen LogP contribution in [0.3, 0.4) is 0 Å². The molecule has 1 amide bonds. The minimum absolute atomic E-state index is 0.0478. The van der Waals surface area contributed by atoms with E-state index in [0.717, 1.165) is 11.1 Å². The van der Waals surface area contributed by atoms with E-state index >= 15 is 0 Å². The molecule has 1 aromatic heterocycles. The van der Waals surface area contributed by atoms with Gasteiger partial charge < -0.3 is 9.42 Å². The Kier molecular flexibility index (Phi) is 4.70. The first-order valence-electron chi connectivity index (χ1n) is 7.91. The van der Waals surface area contributed by atoms with E-state index in [1.165, 1.54) is 0 Å². The maximum Gasteiger partial charge on any atom is 0.254 e. The van der Waals surface area contributed by atoms with Crippen molar-refractivity contribution in [1.82, 2.24) is 15.0 Å². The van der Waals surface area contributed by atoms with Crippen LogP contribution in [0.2, 0.25) is 0 Å². The maximum absolute atomic E-state index is 12.5. The van der Waals surface area contributed by atoms with E-state index < -0.39 is 0 Å². The lowest BCUT2D eigenvalue weighted by atomic mass is 10.1. The summed E-state index contributed by atoms with van der Waals surface area (Å²) in [6.07, 6.45) is 0. The van der Waals surface area contributed by atoms with Crippen LogP contribution in [0.15, 0.2) is 59.1 Å². The van der Waals surface area contributed by atoms with Gasteiger partial charge in [0, 0.05) is 17.7 Å². The van der Waals surface area contributed by atoms with E-state index in [4.69, 9.17) is 4.52 Å². The topological polar surface area (TPSA) is 59.2 Å². The Morgan fingerprint density at radius 3 is 2.62 bits per heavy atom. The van der Waals surface area contributed by atoms with Gasteiger partial charge in [-0.25, -0.2) is 0 Å². The molecular weight excluding hydrogens is 302 g/mol. The number of benzene rings is 2. The van der Waals surface area contributed by atoms with Crippen LogP contribution >= 0.6 is 0 Å². The van der Waals surface area contributed by atoms with Gasteiger partial charge in [-0.3, -0.25) is 4.79 Å². The fourth-order valence-electron chi connectivity index (χ4n) is 2.47. The Hall–Kier alpha value is -2.95. The van der Waals surface area contributed by atoms with Gasteiger partial charge in [0.1, 0.15) is 6.54 Å². The van der Waals surface area contributed by atoms with Crippen molar-refractivity contribution in [3.63, 3.8) is 0 Å². The Morgan fingerprint density at radius 1 is 1.12 bits per heavy atom. The summed E-state index contributed by atoms with van der Waals surface area (Å²) in [5.41, 5.74) is 2.69. The maximum atomic E-state index is 12.5. The molecule has 0 fully saturated rings. The highest BCUT2D eigenvalue weighted by Gasteiger charge is 2.18. The van der Waals surface area contributed by atoms with Crippen molar-refractivity contribution in [2.24, 2.45) is 0 Å². The number of hydrogen-bond acceptors (Lipinski definition) is 4. The van der Waals surface area contributed by atoms with Gasteiger partial charge in [0.15, 0.2) is 0 Å². The summed E-state index contributed by atoms with van der Waals surface area (Å²) in [5, 5.41) is 4.02. The number of rotatable bonds is 5. The largest absolute Gasteiger partial charge is 0.337 e. The van der Waals surface area contributed by atoms with E-state index in [-0.39, 0.29) is 5.91 Å². The van der Waals surface area contributed by atoms with Crippen LogP contribution in [0, 0.1) is 6.92 Å². The van der Waals surface area contributed by atoms with Gasteiger partial charge in [-0.1, -0.05) is 47.1 Å². The molecule has 0 bridgehead atoms. The zero-order valence-electron chi connectivity index (χ0n) is 13.8. The van der Waals surface area contributed by atoms with Crippen molar-refractivity contribution < 1.29 is 9.32 Å². The minimum atomic E-state index is -0.0478. The molecule has 0 N–H and O–H groups in total. The predicted octanol–water partition coefficient (Wildman–Crippen LogP) is 3.71. The minimum Gasteiger partial charge on any atom is -0.337 e. The van der Waals surface area contributed by atoms with Crippen molar-refractivity contribution in [2.45, 2.75) is 20.4 Å². The first-order valence-corrected chi connectivity index (χ1v) is 7.91. The Morgan fingerprint density at radius 2 is 1.92 bits per heavy atom. The average molecular weight is 321 g/mol. The summed E-state index contributed by atoms with van der Waals surface area (Å²) >= 11 is 0. The second-order valence-electron chi connectivity index (χ2n) is 5.57. The fourth-order valence-corrected chi connectivity index (χ4v) is 2.47. The second kappa shape index (κ2) is 7.08. The van der Waals surface area contributed by atoms with Gasteiger partial charge in [-0.2, -0.15) is 4.98 Å². The number of nitrogens with zero attached hydrogens (tertiary/aromatic N) is 3. The monoisotopic (exact) mass is 321 g/mol. The molecular formula is C19H19N3O2. The Labute approximate surface area is 140 Å². The van der Waals surface area contributed by atoms with Crippen molar-refractivity contribution in [3.05, 3.63) is 71.6 Å². The summed E-state index contributed by atoms with van der Waals surface area (Å²) in [4.78, 5) is 18.6. The zero-order chi connectivity index (χ0) is 16.9. The highest BCUT2D eigenvalue weighted by atomic mass is 16.5. The molecule has 3 rings (SSSR count). The van der Waals surface area contributed by atoms with Gasteiger partial charge >= 0.3 is 0 Å². The number of carbonyl (C=O) groups excluding carboxylic acids is 1. The van der Waals surface area contributed by atoms with E-state index in [2.05, 4.69) is 10.1 Å². The average Bonchev–Trinajstić information content (AvgIpc) is 3.08. The number of amides is 1. The molecule has 0 aliphatic rings. The molecule has 5 heteroatoms. The zero-order valence-corrected chi connectivity index (χ0v) is 13.8. The normalized spacial score (nSPS) is 10.6. The third-order valence-electron chi connectivity index (χ3n) is 3.76. The van der Waals surface area contributed by atoms with E-state index in [1.54, 1.807) is 17.0 Å². The molecule has 0 saturated carbocycles. The van der Waals surface area contributed by atoms with Crippen molar-refractivity contribution in [2.75, 3.05) is 6.54 Å². The number of aromatic nitrogens is 2. The van der Waals surface area contributed by atoms with E-state index in [9.17, 15) is 4.79 Å². The molecule has 1 heterocycles. The van der Waals surface area contributed by atoms with Crippen LogP contribution < -0.4 is 0 Å². The number of aryl methyl sites for hydroxylation is 1. The molecule has 0 saturated heterocycles. The lowest BCUT2D eigenvalue weighted by molar-refractivity contribution is 0.0734. The smallest absolute Gasteiger partial charge is 0.254 e. The number of carbonyl (C=O) groups is 1. The molecule has 0 spiro atoms. The molecule has 0 aliphatic carbocycles. The van der Waals surface area contributed by atoms with Gasteiger partial charge in [0.05, 0.1) is 0 Å². The summed E-state index contributed by atoms with van der Waals surface area (Å²) in [5.74, 6) is 0.919. The molecule has 0 radical (unpaired) electrons. The molecule has 2 aromatic carbocycles. The van der Waals surface area contributed by atoms with Crippen LogP contribution in [0.1, 0.15) is 28.7 Å². The number of hydrogen-bond donors (Lipinski definition) is 0. The summed E-state index contributed by atoms with van der Waals surface area (Å²) < 4.78 is 5.32. The van der Waals surface area contributed by atoms with Crippen LogP contribution in [0.5, 0.6) is 0 Å². The standard InChI is InChI=1S/C19H19N3O2/c1-3-22(19(23)15-9-5-4-6-10-15)13-17-20-18(21-24-17)16-11-7-8-14(2)12-16/h4-12H,3,13H2,1-2H3. The second-order valence-corrected chi connectivity index (χ2v) is 5.57. The molecule has 24 heavy (non-hydrogen) atoms. The van der Waals surface area contributed by atoms with Gasteiger partial charge in [-0.05, 0) is 32.0 Å². The lowest BCUT2D eigenvalue weighted by Crippen LogP contribution is -2.30. The first kappa shape index (κ1) is 15.9. The quantitative estimate of drug-likeness (QED) is 0.719. The Balaban J connectivity index is 1.76. The van der Waals surface area contributed by atoms with Crippen LogP contribution in [0.4, 0.5) is 0 Å². The van der Waals surface area contributed by atoms with E-state index in [1.807, 2.05) is 56.3 Å². The van der Waals surface area contributed by atoms with E-state index in [0.29, 0.717) is 30.4 Å². The SMILES string of the molecule is CCN(Cc1nc(-c2cccc(C)c2)no1)C(=O)c1ccccc1. The highest BCUT2D eigenvalue weighted by molar-refractivity contribution is 5.94. The van der Waals surface area contributed by atoms with Crippen LogP contribution in [-0.4, -0.2) is 27.5 Å². The van der Waals surface area contributed by atoms with Crippen molar-refractivity contribution in [3.8, 4) is 11.4 Å². The van der Waals surface area contributed by atoms with Crippen molar-refractivity contribution >= 4 is 5.91 Å². The van der Waals surface area contributed by atoms with Gasteiger partial charge in [-0.15, -0.1) is 0 Å². The molecule has 3 aromatic rings. The van der Waals surface area contributed by atoms with Crippen LogP contribution in [0.25, 0.3) is 11.4 Å². The first-order chi connectivity index (χ1) is 11.7. The Bertz CT molecular complexity index is 827. The molecule has 0 aliphatic heterocycles. The summed E-state index contributed by atoms with van der Waals surface area (Å²) in [6, 6.07) is 17.1. The van der Waals surface area contributed by atoms with Gasteiger partial charge in [0.25, 0.3) is 5.91 Å². The predicted molar refractivity (Wildman–Crippen MR) is 91.3 cm³/mol. The lowest BCUT2D eigenvalue weighted by Gasteiger charge is -2.18. The molecule has 0 atom stereocenters. The highest BCUT2D eigenvalue weighted by Crippen LogP contribution is 2.18. The third-order valence-corrected chi connectivity index (χ3v) is 3.76. The summed E-state index contributed by atoms with van der Waals surface area (Å²) in [6.45, 7) is 4.81. The van der Waals surface area contributed by atoms with Gasteiger partial charge in [0.2, 0.25) is 11.7 Å². The molecule has 0 unspecified atom stereocenters. The summed E-state index contributed by atoms with van der Waals surface area (Å²) in [7, 11) is 0. The van der Waals surface area contributed by atoms with Crippen molar-refractivity contribution in [1.29, 1.82) is 0 Å². The third kappa shape index (κ3) is 3.51. The van der Waals surface area contributed by atoms with Crippen LogP contribution in [-0.2, 0) is 6.54 Å². The fraction of sp³-hybridized carbons (Fsp3) is 0.211. The molecule has 5 nitrogen and oxygen atoms in total. The molecule has 122 valence electrons.